The first-order valence-electron chi connectivity index (χ1n) is 5.21. The molecule has 18 heavy (non-hydrogen) atoms. The highest BCUT2D eigenvalue weighted by Gasteiger charge is 2.16. The Kier molecular flexibility index (Phi) is 4.00. The summed E-state index contributed by atoms with van der Waals surface area (Å²) in [6.45, 7) is 0.236. The van der Waals surface area contributed by atoms with Gasteiger partial charge in [-0.15, -0.1) is 0 Å². The van der Waals surface area contributed by atoms with Crippen molar-refractivity contribution >= 4 is 21.6 Å². The minimum Gasteiger partial charge on any atom is -0.451 e. The highest BCUT2D eigenvalue weighted by molar-refractivity contribution is 7.89. The molecule has 1 aromatic carbocycles. The molecule has 0 unspecified atom stereocenters. The highest BCUT2D eigenvalue weighted by atomic mass is 35.5. The standard InChI is InChI=1S/C11H11ClN2O3S/c12-10-3-1-2-4-11(10)18(15,16)14-6-5-9-7-17-8-13-9/h1-4,7-8,14H,5-6H2. The molecule has 0 aliphatic carbocycles. The highest BCUT2D eigenvalue weighted by Crippen LogP contribution is 2.19. The third kappa shape index (κ3) is 3.10. The number of sulfonamides is 1. The minimum atomic E-state index is -3.58. The van der Waals surface area contributed by atoms with Crippen molar-refractivity contribution in [2.24, 2.45) is 0 Å². The average Bonchev–Trinajstić information content (AvgIpc) is 2.82. The fraction of sp³-hybridized carbons (Fsp3) is 0.182. The molecule has 0 fully saturated rings. The van der Waals surface area contributed by atoms with Crippen LogP contribution in [0.25, 0.3) is 0 Å². The van der Waals surface area contributed by atoms with Gasteiger partial charge in [0, 0.05) is 13.0 Å². The fourth-order valence-electron chi connectivity index (χ4n) is 1.41. The van der Waals surface area contributed by atoms with Crippen molar-refractivity contribution in [3.63, 3.8) is 0 Å². The van der Waals surface area contributed by atoms with Gasteiger partial charge in [-0.25, -0.2) is 18.1 Å². The topological polar surface area (TPSA) is 72.2 Å². The van der Waals surface area contributed by atoms with E-state index in [2.05, 4.69) is 9.71 Å². The molecule has 2 rings (SSSR count). The van der Waals surface area contributed by atoms with Crippen LogP contribution < -0.4 is 4.72 Å². The summed E-state index contributed by atoms with van der Waals surface area (Å²) in [6, 6.07) is 6.29. The van der Waals surface area contributed by atoms with Crippen LogP contribution in [-0.4, -0.2) is 19.9 Å². The van der Waals surface area contributed by atoms with E-state index in [9.17, 15) is 8.42 Å². The Morgan fingerprint density at radius 3 is 2.78 bits per heavy atom. The van der Waals surface area contributed by atoms with Gasteiger partial charge in [0.2, 0.25) is 10.0 Å². The Morgan fingerprint density at radius 1 is 1.33 bits per heavy atom. The Balaban J connectivity index is 2.02. The lowest BCUT2D eigenvalue weighted by molar-refractivity contribution is 0.555. The molecule has 1 N–H and O–H groups in total. The Labute approximate surface area is 110 Å². The zero-order valence-corrected chi connectivity index (χ0v) is 10.9. The number of rotatable bonds is 5. The van der Waals surface area contributed by atoms with Crippen molar-refractivity contribution in [3.8, 4) is 0 Å². The van der Waals surface area contributed by atoms with Gasteiger partial charge in [0.15, 0.2) is 6.39 Å². The number of benzene rings is 1. The van der Waals surface area contributed by atoms with Crippen molar-refractivity contribution in [3.05, 3.63) is 47.6 Å². The maximum atomic E-state index is 11.9. The molecular weight excluding hydrogens is 276 g/mol. The first-order valence-corrected chi connectivity index (χ1v) is 7.07. The summed E-state index contributed by atoms with van der Waals surface area (Å²) in [5.74, 6) is 0. The maximum Gasteiger partial charge on any atom is 0.242 e. The zero-order chi connectivity index (χ0) is 13.0. The zero-order valence-electron chi connectivity index (χ0n) is 9.34. The normalized spacial score (nSPS) is 11.6. The van der Waals surface area contributed by atoms with Crippen LogP contribution in [0.5, 0.6) is 0 Å². The first kappa shape index (κ1) is 13.1. The van der Waals surface area contributed by atoms with Crippen molar-refractivity contribution < 1.29 is 12.8 Å². The molecule has 0 atom stereocenters. The predicted molar refractivity (Wildman–Crippen MR) is 66.8 cm³/mol. The number of hydrogen-bond donors (Lipinski definition) is 1. The molecular formula is C11H11ClN2O3S. The third-order valence-corrected chi connectivity index (χ3v) is 4.24. The van der Waals surface area contributed by atoms with E-state index in [1.807, 2.05) is 0 Å². The van der Waals surface area contributed by atoms with Gasteiger partial charge in [-0.3, -0.25) is 0 Å². The van der Waals surface area contributed by atoms with E-state index in [1.165, 1.54) is 24.8 Å². The molecule has 0 spiro atoms. The van der Waals surface area contributed by atoms with Crippen molar-refractivity contribution in [2.75, 3.05) is 6.54 Å². The van der Waals surface area contributed by atoms with Gasteiger partial charge in [-0.1, -0.05) is 23.7 Å². The average molecular weight is 287 g/mol. The van der Waals surface area contributed by atoms with Crippen molar-refractivity contribution in [2.45, 2.75) is 11.3 Å². The van der Waals surface area contributed by atoms with Crippen LogP contribution in [0.4, 0.5) is 0 Å². The summed E-state index contributed by atoms with van der Waals surface area (Å²) in [7, 11) is -3.58. The molecule has 2 aromatic rings. The molecule has 0 saturated carbocycles. The van der Waals surface area contributed by atoms with E-state index >= 15 is 0 Å². The summed E-state index contributed by atoms with van der Waals surface area (Å²) < 4.78 is 31.1. The van der Waals surface area contributed by atoms with E-state index in [0.29, 0.717) is 12.1 Å². The summed E-state index contributed by atoms with van der Waals surface area (Å²) in [5, 5.41) is 0.200. The number of halogens is 1. The van der Waals surface area contributed by atoms with Gasteiger partial charge in [-0.2, -0.15) is 0 Å². The lowest BCUT2D eigenvalue weighted by Gasteiger charge is -2.07. The predicted octanol–water partition coefficient (Wildman–Crippen LogP) is 1.85. The van der Waals surface area contributed by atoms with E-state index < -0.39 is 10.0 Å². The van der Waals surface area contributed by atoms with Gasteiger partial charge in [-0.05, 0) is 12.1 Å². The van der Waals surface area contributed by atoms with Gasteiger partial charge in [0.25, 0.3) is 0 Å². The summed E-state index contributed by atoms with van der Waals surface area (Å²) in [4.78, 5) is 3.97. The number of nitrogens with zero attached hydrogens (tertiary/aromatic N) is 1. The molecule has 0 bridgehead atoms. The van der Waals surface area contributed by atoms with Gasteiger partial charge in [0.1, 0.15) is 11.2 Å². The van der Waals surface area contributed by atoms with Crippen molar-refractivity contribution in [1.29, 1.82) is 0 Å². The minimum absolute atomic E-state index is 0.0758. The Bertz CT molecular complexity index is 611. The van der Waals surface area contributed by atoms with Crippen LogP contribution in [0.15, 0.2) is 46.2 Å². The molecule has 0 aliphatic heterocycles. The molecule has 0 amide bonds. The lowest BCUT2D eigenvalue weighted by Crippen LogP contribution is -2.26. The van der Waals surface area contributed by atoms with E-state index in [-0.39, 0.29) is 16.5 Å². The molecule has 1 aromatic heterocycles. The monoisotopic (exact) mass is 286 g/mol. The van der Waals surface area contributed by atoms with E-state index in [4.69, 9.17) is 16.0 Å². The first-order chi connectivity index (χ1) is 8.59. The molecule has 7 heteroatoms. The summed E-state index contributed by atoms with van der Waals surface area (Å²) in [6.07, 6.45) is 3.24. The SMILES string of the molecule is O=S(=O)(NCCc1cocn1)c1ccccc1Cl. The van der Waals surface area contributed by atoms with E-state index in [0.717, 1.165) is 0 Å². The largest absolute Gasteiger partial charge is 0.451 e. The van der Waals surface area contributed by atoms with Crippen LogP contribution in [0.2, 0.25) is 5.02 Å². The summed E-state index contributed by atoms with van der Waals surface area (Å²) in [5.41, 5.74) is 0.692. The van der Waals surface area contributed by atoms with Gasteiger partial charge >= 0.3 is 0 Å². The smallest absolute Gasteiger partial charge is 0.242 e. The lowest BCUT2D eigenvalue weighted by atomic mass is 10.3. The Morgan fingerprint density at radius 2 is 2.11 bits per heavy atom. The van der Waals surface area contributed by atoms with Crippen LogP contribution >= 0.6 is 11.6 Å². The molecule has 0 aliphatic rings. The second-order valence-corrected chi connectivity index (χ2v) is 5.70. The number of aromatic nitrogens is 1. The fourth-order valence-corrected chi connectivity index (χ4v) is 2.96. The molecule has 96 valence electrons. The molecule has 1 heterocycles. The van der Waals surface area contributed by atoms with E-state index in [1.54, 1.807) is 12.1 Å². The Hall–Kier alpha value is -1.37. The maximum absolute atomic E-state index is 11.9. The second-order valence-electron chi connectivity index (χ2n) is 3.56. The molecule has 0 saturated heterocycles. The number of oxazole rings is 1. The van der Waals surface area contributed by atoms with Crippen LogP contribution in [0, 0.1) is 0 Å². The number of hydrogen-bond acceptors (Lipinski definition) is 4. The van der Waals surface area contributed by atoms with Crippen LogP contribution in [0.1, 0.15) is 5.69 Å². The molecule has 5 nitrogen and oxygen atoms in total. The van der Waals surface area contributed by atoms with Crippen LogP contribution in [-0.2, 0) is 16.4 Å². The van der Waals surface area contributed by atoms with Crippen molar-refractivity contribution in [1.82, 2.24) is 9.71 Å². The quantitative estimate of drug-likeness (QED) is 0.910. The third-order valence-electron chi connectivity index (χ3n) is 2.28. The number of nitrogens with one attached hydrogen (secondary N) is 1. The summed E-state index contributed by atoms with van der Waals surface area (Å²) >= 11 is 5.84. The van der Waals surface area contributed by atoms with Crippen LogP contribution in [0.3, 0.4) is 0 Å². The molecule has 0 radical (unpaired) electrons. The van der Waals surface area contributed by atoms with Gasteiger partial charge in [0.05, 0.1) is 10.7 Å². The second kappa shape index (κ2) is 5.51. The van der Waals surface area contributed by atoms with Gasteiger partial charge < -0.3 is 4.42 Å².